The smallest absolute Gasteiger partial charge is 0.298 e. The first-order chi connectivity index (χ1) is 14.3. The van der Waals surface area contributed by atoms with E-state index >= 15 is 0 Å². The number of rotatable bonds is 5. The zero-order valence-electron chi connectivity index (χ0n) is 20.0. The zero-order valence-corrected chi connectivity index (χ0v) is 23.4. The SMILES string of the molecule is CC(C)[PH+](c1ccccc1S(=O)(=O)O)C(C)C.C[CH-]C(=O)OC.Cc1cccc(C)n1.[Pd]. The van der Waals surface area contributed by atoms with E-state index in [2.05, 4.69) is 37.4 Å². The summed E-state index contributed by atoms with van der Waals surface area (Å²) in [5.74, 6) is -0.282. The van der Waals surface area contributed by atoms with Crippen molar-refractivity contribution in [2.75, 3.05) is 7.11 Å². The Kier molecular flexibility index (Phi) is 16.8. The fourth-order valence-corrected chi connectivity index (χ4v) is 7.59. The van der Waals surface area contributed by atoms with E-state index in [0.717, 1.165) is 16.7 Å². The Morgan fingerprint density at radius 3 is 1.75 bits per heavy atom. The van der Waals surface area contributed by atoms with Gasteiger partial charge in [-0.05, 0) is 65.8 Å². The molecule has 0 radical (unpaired) electrons. The standard InChI is InChI=1S/C12H19O3PS.C7H9N.C4H7O2.Pd/c1-9(2)16(10(3)4)11-7-5-6-8-12(11)17(13,14)15;1-6-4-3-5-7(2)8-6;1-3-4(5)6-2;/h5-10H,1-4H3,(H,13,14,15);3-5H,1-2H3;3H,1-2H3;/q;;-1;/p+1. The molecule has 1 aromatic carbocycles. The van der Waals surface area contributed by atoms with Gasteiger partial charge < -0.3 is 4.74 Å². The number of benzene rings is 1. The third-order valence-corrected chi connectivity index (χ3v) is 8.82. The number of methoxy groups -OCH3 is 1. The van der Waals surface area contributed by atoms with Crippen LogP contribution in [0.1, 0.15) is 46.0 Å². The van der Waals surface area contributed by atoms with Crippen molar-refractivity contribution in [2.24, 2.45) is 0 Å². The molecule has 0 saturated heterocycles. The second kappa shape index (κ2) is 16.3. The van der Waals surface area contributed by atoms with Gasteiger partial charge in [-0.1, -0.05) is 18.2 Å². The number of carbonyl (C=O) groups excluding carboxylic acids is 1. The van der Waals surface area contributed by atoms with Crippen molar-refractivity contribution in [2.45, 2.75) is 64.7 Å². The number of ether oxygens (including phenoxy) is 1. The normalized spacial score (nSPS) is 10.4. The molecule has 0 aliphatic rings. The molecule has 0 atom stereocenters. The minimum absolute atomic E-state index is 0. The number of hydrogen-bond acceptors (Lipinski definition) is 5. The Labute approximate surface area is 208 Å². The van der Waals surface area contributed by atoms with Gasteiger partial charge >= 0.3 is 0 Å². The predicted molar refractivity (Wildman–Crippen MR) is 130 cm³/mol. The van der Waals surface area contributed by atoms with E-state index in [1.165, 1.54) is 19.6 Å². The monoisotopic (exact) mass is 575 g/mol. The fraction of sp³-hybridized carbons (Fsp3) is 0.435. The van der Waals surface area contributed by atoms with Crippen LogP contribution in [0.15, 0.2) is 47.4 Å². The average molecular weight is 576 g/mol. The van der Waals surface area contributed by atoms with E-state index in [1.54, 1.807) is 13.0 Å². The Morgan fingerprint density at radius 1 is 1.00 bits per heavy atom. The van der Waals surface area contributed by atoms with Gasteiger partial charge in [0, 0.05) is 39.7 Å². The Balaban J connectivity index is 0. The maximum absolute atomic E-state index is 11.4. The van der Waals surface area contributed by atoms with Gasteiger partial charge in [0.2, 0.25) is 0 Å². The molecule has 6 nitrogen and oxygen atoms in total. The molecule has 184 valence electrons. The second-order valence-corrected chi connectivity index (χ2v) is 12.6. The number of aryl methyl sites for hydroxylation is 2. The van der Waals surface area contributed by atoms with Crippen LogP contribution in [0.4, 0.5) is 0 Å². The molecule has 0 amide bonds. The summed E-state index contributed by atoms with van der Waals surface area (Å²) in [6, 6.07) is 12.8. The van der Waals surface area contributed by atoms with Crippen LogP contribution in [0.25, 0.3) is 0 Å². The van der Waals surface area contributed by atoms with Crippen LogP contribution < -0.4 is 5.30 Å². The third kappa shape index (κ3) is 12.7. The molecule has 0 aliphatic carbocycles. The molecule has 0 fully saturated rings. The Bertz CT molecular complexity index is 889. The van der Waals surface area contributed by atoms with Gasteiger partial charge in [0.1, 0.15) is 10.2 Å². The van der Waals surface area contributed by atoms with Crippen LogP contribution in [0, 0.1) is 20.3 Å². The number of carbonyl (C=O) groups is 1. The number of pyridine rings is 1. The summed E-state index contributed by atoms with van der Waals surface area (Å²) in [5.41, 5.74) is 3.01. The van der Waals surface area contributed by atoms with E-state index in [0.29, 0.717) is 11.3 Å². The molecular formula is C23H36NO5PPdS. The summed E-state index contributed by atoms with van der Waals surface area (Å²) in [6.07, 6.45) is 1.36. The average Bonchev–Trinajstić information content (AvgIpc) is 2.67. The molecule has 32 heavy (non-hydrogen) atoms. The molecule has 1 heterocycles. The fourth-order valence-electron chi connectivity index (χ4n) is 3.02. The zero-order chi connectivity index (χ0) is 24.2. The van der Waals surface area contributed by atoms with Crippen LogP contribution in [-0.4, -0.2) is 42.4 Å². The van der Waals surface area contributed by atoms with Gasteiger partial charge in [-0.25, -0.2) is 0 Å². The summed E-state index contributed by atoms with van der Waals surface area (Å²) < 4.78 is 36.2. The molecule has 1 aromatic heterocycles. The largest absolute Gasteiger partial charge is 0.491 e. The first kappa shape index (κ1) is 32.9. The Hall–Kier alpha value is -1.29. The molecule has 1 N–H and O–H groups in total. The quantitative estimate of drug-likeness (QED) is 0.183. The number of aromatic nitrogens is 1. The summed E-state index contributed by atoms with van der Waals surface area (Å²) in [5, 5.41) is 0.810. The minimum atomic E-state index is -4.12. The van der Waals surface area contributed by atoms with Crippen molar-refractivity contribution in [3.8, 4) is 0 Å². The van der Waals surface area contributed by atoms with Crippen molar-refractivity contribution in [1.29, 1.82) is 0 Å². The van der Waals surface area contributed by atoms with Crippen LogP contribution >= 0.6 is 7.92 Å². The van der Waals surface area contributed by atoms with Crippen LogP contribution in [0.2, 0.25) is 0 Å². The van der Waals surface area contributed by atoms with Crippen molar-refractivity contribution in [3.05, 3.63) is 60.3 Å². The van der Waals surface area contributed by atoms with E-state index in [9.17, 15) is 17.8 Å². The topological polar surface area (TPSA) is 93.6 Å². The molecule has 2 rings (SSSR count). The maximum atomic E-state index is 11.4. The van der Waals surface area contributed by atoms with Gasteiger partial charge in [-0.2, -0.15) is 15.3 Å². The van der Waals surface area contributed by atoms with Crippen LogP contribution in [0.5, 0.6) is 0 Å². The van der Waals surface area contributed by atoms with E-state index in [1.807, 2.05) is 44.2 Å². The molecule has 0 bridgehead atoms. The van der Waals surface area contributed by atoms with Crippen molar-refractivity contribution in [1.82, 2.24) is 4.98 Å². The number of nitrogens with zero attached hydrogens (tertiary/aromatic N) is 1. The van der Waals surface area contributed by atoms with Gasteiger partial charge in [-0.15, -0.1) is 0 Å². The first-order valence-electron chi connectivity index (χ1n) is 10.1. The molecular weight excluding hydrogens is 540 g/mol. The van der Waals surface area contributed by atoms with E-state index in [4.69, 9.17) is 0 Å². The summed E-state index contributed by atoms with van der Waals surface area (Å²) in [6.45, 7) is 14.0. The van der Waals surface area contributed by atoms with Gasteiger partial charge in [0.15, 0.2) is 5.97 Å². The second-order valence-electron chi connectivity index (χ2n) is 7.47. The summed E-state index contributed by atoms with van der Waals surface area (Å²) >= 11 is 0. The summed E-state index contributed by atoms with van der Waals surface area (Å²) in [4.78, 5) is 14.2. The molecule has 0 unspecified atom stereocenters. The molecule has 0 spiro atoms. The predicted octanol–water partition coefficient (Wildman–Crippen LogP) is 4.67. The van der Waals surface area contributed by atoms with Gasteiger partial charge in [0.25, 0.3) is 10.1 Å². The third-order valence-electron chi connectivity index (χ3n) is 4.18. The van der Waals surface area contributed by atoms with E-state index in [-0.39, 0.29) is 31.3 Å². The number of esters is 1. The van der Waals surface area contributed by atoms with Gasteiger partial charge in [0.05, 0.1) is 18.4 Å². The molecule has 0 aliphatic heterocycles. The maximum Gasteiger partial charge on any atom is 0.298 e. The van der Waals surface area contributed by atoms with Crippen LogP contribution in [-0.2, 0) is 40.1 Å². The number of hydrogen-bond donors (Lipinski definition) is 1. The van der Waals surface area contributed by atoms with Crippen molar-refractivity contribution in [3.63, 3.8) is 0 Å². The molecule has 2 aromatic rings. The molecule has 9 heteroatoms. The van der Waals surface area contributed by atoms with E-state index < -0.39 is 18.0 Å². The Morgan fingerprint density at radius 2 is 1.47 bits per heavy atom. The minimum Gasteiger partial charge on any atom is -0.491 e. The van der Waals surface area contributed by atoms with Crippen molar-refractivity contribution < 1.29 is 42.9 Å². The molecule has 0 saturated carbocycles. The first-order valence-corrected chi connectivity index (χ1v) is 13.2. The van der Waals surface area contributed by atoms with Gasteiger partial charge in [-0.3, -0.25) is 20.8 Å². The van der Waals surface area contributed by atoms with Crippen LogP contribution in [0.3, 0.4) is 0 Å². The summed E-state index contributed by atoms with van der Waals surface area (Å²) in [7, 11) is -3.78. The van der Waals surface area contributed by atoms with Crippen molar-refractivity contribution >= 4 is 29.3 Å².